The number of Topliss-reactive ketones (excluding diaryl/α,β-unsaturated/α-hetero) is 1. The van der Waals surface area contributed by atoms with Crippen LogP contribution in [0.15, 0.2) is 24.3 Å². The molecule has 1 heterocycles. The lowest BCUT2D eigenvalue weighted by Crippen LogP contribution is -2.44. The van der Waals surface area contributed by atoms with Crippen LogP contribution in [0.4, 0.5) is 0 Å². The van der Waals surface area contributed by atoms with Crippen LogP contribution in [0.25, 0.3) is 0 Å². The Morgan fingerprint density at radius 2 is 2.00 bits per heavy atom. The van der Waals surface area contributed by atoms with Crippen molar-refractivity contribution in [2.24, 2.45) is 5.92 Å². The zero-order valence-corrected chi connectivity index (χ0v) is 12.9. The van der Waals surface area contributed by atoms with Crippen LogP contribution in [0.1, 0.15) is 35.7 Å². The van der Waals surface area contributed by atoms with Gasteiger partial charge in [-0.05, 0) is 31.4 Å². The third-order valence-corrected chi connectivity index (χ3v) is 4.17. The Morgan fingerprint density at radius 1 is 1.29 bits per heavy atom. The number of likely N-dealkylation sites (tertiary alicyclic amines) is 1. The Kier molecular flexibility index (Phi) is 5.51. The number of ketones is 1. The molecule has 0 saturated carbocycles. The number of aryl methyl sites for hydroxylation is 1. The first kappa shape index (κ1) is 15.7. The minimum absolute atomic E-state index is 0.0130. The molecule has 21 heavy (non-hydrogen) atoms. The predicted molar refractivity (Wildman–Crippen MR) is 83.4 cm³/mol. The van der Waals surface area contributed by atoms with E-state index in [0.29, 0.717) is 13.1 Å². The van der Waals surface area contributed by atoms with E-state index in [0.717, 1.165) is 31.4 Å². The number of piperidine rings is 1. The van der Waals surface area contributed by atoms with Gasteiger partial charge in [-0.3, -0.25) is 14.5 Å². The van der Waals surface area contributed by atoms with E-state index in [1.165, 1.54) is 5.56 Å². The maximum absolute atomic E-state index is 12.3. The number of carbonyl (C=O) groups excluding carboxylic acids is 2. The molecule has 0 aliphatic carbocycles. The molecule has 1 amide bonds. The van der Waals surface area contributed by atoms with Crippen molar-refractivity contribution >= 4 is 11.7 Å². The summed E-state index contributed by atoms with van der Waals surface area (Å²) in [6, 6.07) is 7.83. The van der Waals surface area contributed by atoms with Gasteiger partial charge in [0.05, 0.1) is 12.5 Å². The number of benzene rings is 1. The molecule has 1 aliphatic rings. The van der Waals surface area contributed by atoms with Crippen molar-refractivity contribution in [1.29, 1.82) is 0 Å². The zero-order valence-electron chi connectivity index (χ0n) is 12.9. The van der Waals surface area contributed by atoms with E-state index < -0.39 is 0 Å². The second-order valence-electron chi connectivity index (χ2n) is 5.66. The summed E-state index contributed by atoms with van der Waals surface area (Å²) >= 11 is 0. The summed E-state index contributed by atoms with van der Waals surface area (Å²) in [6.07, 6.45) is 2.87. The highest BCUT2D eigenvalue weighted by Gasteiger charge is 2.26. The van der Waals surface area contributed by atoms with Gasteiger partial charge in [-0.25, -0.2) is 0 Å². The van der Waals surface area contributed by atoms with Crippen LogP contribution >= 0.6 is 0 Å². The fourth-order valence-corrected chi connectivity index (χ4v) is 2.84. The molecule has 1 unspecified atom stereocenters. The molecule has 1 atom stereocenters. The number of nitrogens with zero attached hydrogens (tertiary/aromatic N) is 1. The fourth-order valence-electron chi connectivity index (χ4n) is 2.84. The molecule has 2 rings (SSSR count). The highest BCUT2D eigenvalue weighted by molar-refractivity contribution is 5.97. The van der Waals surface area contributed by atoms with Gasteiger partial charge in [-0.1, -0.05) is 31.2 Å². The second-order valence-corrected chi connectivity index (χ2v) is 5.66. The molecule has 1 aromatic rings. The number of nitrogens with one attached hydrogen (secondary N) is 1. The third-order valence-electron chi connectivity index (χ3n) is 4.17. The lowest BCUT2D eigenvalue weighted by Gasteiger charge is -2.31. The van der Waals surface area contributed by atoms with Crippen LogP contribution in [0, 0.1) is 5.92 Å². The molecule has 1 aliphatic heterocycles. The number of rotatable bonds is 5. The topological polar surface area (TPSA) is 49.4 Å². The average Bonchev–Trinajstić information content (AvgIpc) is 2.54. The van der Waals surface area contributed by atoms with Crippen LogP contribution in [-0.2, 0) is 11.2 Å². The monoisotopic (exact) mass is 288 g/mol. The van der Waals surface area contributed by atoms with Crippen molar-refractivity contribution in [2.45, 2.75) is 26.2 Å². The molecule has 4 nitrogen and oxygen atoms in total. The molecule has 0 bridgehead atoms. The molecule has 1 fully saturated rings. The van der Waals surface area contributed by atoms with Crippen molar-refractivity contribution in [3.05, 3.63) is 35.4 Å². The molecule has 4 heteroatoms. The summed E-state index contributed by atoms with van der Waals surface area (Å²) in [5.74, 6) is 0.230. The van der Waals surface area contributed by atoms with Gasteiger partial charge >= 0.3 is 0 Å². The second kappa shape index (κ2) is 7.36. The fraction of sp³-hybridized carbons (Fsp3) is 0.529. The molecular weight excluding hydrogens is 264 g/mol. The summed E-state index contributed by atoms with van der Waals surface area (Å²) < 4.78 is 0. The van der Waals surface area contributed by atoms with Crippen molar-refractivity contribution < 1.29 is 9.59 Å². The lowest BCUT2D eigenvalue weighted by molar-refractivity contribution is -0.126. The van der Waals surface area contributed by atoms with E-state index in [1.54, 1.807) is 7.05 Å². The SMILES string of the molecule is CCc1ccc(C(=O)CN2CCCC(C(=O)NC)C2)cc1. The first-order chi connectivity index (χ1) is 10.1. The summed E-state index contributed by atoms with van der Waals surface area (Å²) in [5, 5.41) is 2.70. The van der Waals surface area contributed by atoms with Gasteiger partial charge in [0.25, 0.3) is 0 Å². The molecule has 1 N–H and O–H groups in total. The first-order valence-corrected chi connectivity index (χ1v) is 7.70. The van der Waals surface area contributed by atoms with E-state index in [4.69, 9.17) is 0 Å². The summed E-state index contributed by atoms with van der Waals surface area (Å²) in [6.45, 7) is 4.08. The summed E-state index contributed by atoms with van der Waals surface area (Å²) in [5.41, 5.74) is 2.00. The molecule has 1 aromatic carbocycles. The zero-order chi connectivity index (χ0) is 15.2. The van der Waals surface area contributed by atoms with Gasteiger partial charge in [0.1, 0.15) is 0 Å². The molecule has 0 radical (unpaired) electrons. The van der Waals surface area contributed by atoms with Gasteiger partial charge in [0, 0.05) is 19.2 Å². The van der Waals surface area contributed by atoms with E-state index in [2.05, 4.69) is 17.1 Å². The minimum Gasteiger partial charge on any atom is -0.359 e. The minimum atomic E-state index is 0.0130. The number of hydrogen-bond donors (Lipinski definition) is 1. The lowest BCUT2D eigenvalue weighted by atomic mass is 9.96. The van der Waals surface area contributed by atoms with E-state index in [-0.39, 0.29) is 17.6 Å². The van der Waals surface area contributed by atoms with Gasteiger partial charge in [-0.2, -0.15) is 0 Å². The van der Waals surface area contributed by atoms with E-state index in [1.807, 2.05) is 24.3 Å². The maximum atomic E-state index is 12.3. The maximum Gasteiger partial charge on any atom is 0.224 e. The molecule has 0 aromatic heterocycles. The normalized spacial score (nSPS) is 19.2. The van der Waals surface area contributed by atoms with Crippen LogP contribution in [0.5, 0.6) is 0 Å². The largest absolute Gasteiger partial charge is 0.359 e. The highest BCUT2D eigenvalue weighted by Crippen LogP contribution is 2.17. The summed E-state index contributed by atoms with van der Waals surface area (Å²) in [4.78, 5) is 26.1. The smallest absolute Gasteiger partial charge is 0.224 e. The third kappa shape index (κ3) is 4.14. The number of hydrogen-bond acceptors (Lipinski definition) is 3. The first-order valence-electron chi connectivity index (χ1n) is 7.70. The average molecular weight is 288 g/mol. The standard InChI is InChI=1S/C17H24N2O2/c1-3-13-6-8-14(9-7-13)16(20)12-19-10-4-5-15(11-19)17(21)18-2/h6-9,15H,3-5,10-12H2,1-2H3,(H,18,21). The quantitative estimate of drug-likeness (QED) is 0.842. The van der Waals surface area contributed by atoms with Gasteiger partial charge < -0.3 is 5.32 Å². The van der Waals surface area contributed by atoms with Gasteiger partial charge in [0.15, 0.2) is 5.78 Å². The Bertz CT molecular complexity index is 496. The highest BCUT2D eigenvalue weighted by atomic mass is 16.2. The van der Waals surface area contributed by atoms with Crippen molar-refractivity contribution in [3.8, 4) is 0 Å². The Balaban J connectivity index is 1.93. The Hall–Kier alpha value is -1.68. The predicted octanol–water partition coefficient (Wildman–Crippen LogP) is 1.89. The van der Waals surface area contributed by atoms with Gasteiger partial charge in [-0.15, -0.1) is 0 Å². The van der Waals surface area contributed by atoms with E-state index in [9.17, 15) is 9.59 Å². The van der Waals surface area contributed by atoms with Crippen LogP contribution in [-0.4, -0.2) is 43.3 Å². The van der Waals surface area contributed by atoms with Crippen molar-refractivity contribution in [2.75, 3.05) is 26.7 Å². The molecular formula is C17H24N2O2. The molecule has 0 spiro atoms. The van der Waals surface area contributed by atoms with Crippen LogP contribution in [0.2, 0.25) is 0 Å². The Morgan fingerprint density at radius 3 is 2.62 bits per heavy atom. The van der Waals surface area contributed by atoms with Crippen molar-refractivity contribution in [1.82, 2.24) is 10.2 Å². The molecule has 1 saturated heterocycles. The number of amides is 1. The molecule has 114 valence electrons. The van der Waals surface area contributed by atoms with Crippen LogP contribution < -0.4 is 5.32 Å². The Labute approximate surface area is 126 Å². The van der Waals surface area contributed by atoms with Crippen molar-refractivity contribution in [3.63, 3.8) is 0 Å². The van der Waals surface area contributed by atoms with Crippen LogP contribution in [0.3, 0.4) is 0 Å². The summed E-state index contributed by atoms with van der Waals surface area (Å²) in [7, 11) is 1.67. The van der Waals surface area contributed by atoms with Gasteiger partial charge in [0.2, 0.25) is 5.91 Å². The number of carbonyl (C=O) groups is 2. The van der Waals surface area contributed by atoms with E-state index >= 15 is 0 Å².